The molecular formula is C24H33N7O3S. The summed E-state index contributed by atoms with van der Waals surface area (Å²) in [6.07, 6.45) is 4.52. The second-order valence-corrected chi connectivity index (χ2v) is 10.7. The molecule has 0 aliphatic carbocycles. The van der Waals surface area contributed by atoms with Crippen LogP contribution in [0.15, 0.2) is 23.8 Å². The summed E-state index contributed by atoms with van der Waals surface area (Å²) in [5.41, 5.74) is 1.13. The molecule has 3 aromatic heterocycles. The monoisotopic (exact) mass is 499 g/mol. The molecule has 2 amide bonds. The molecule has 1 saturated heterocycles. The first-order valence-corrected chi connectivity index (χ1v) is 12.8. The van der Waals surface area contributed by atoms with Gasteiger partial charge >= 0.3 is 6.09 Å². The van der Waals surface area contributed by atoms with Crippen molar-refractivity contribution in [1.82, 2.24) is 29.8 Å². The predicted octanol–water partition coefficient (Wildman–Crippen LogP) is 4.05. The summed E-state index contributed by atoms with van der Waals surface area (Å²) in [6.45, 7) is 11.7. The van der Waals surface area contributed by atoms with Gasteiger partial charge in [0.25, 0.3) is 5.91 Å². The highest BCUT2D eigenvalue weighted by molar-refractivity contribution is 7.16. The number of carbonyl (C=O) groups is 2. The molecule has 2 N–H and O–H groups in total. The van der Waals surface area contributed by atoms with Crippen LogP contribution >= 0.6 is 11.3 Å². The number of ether oxygens (including phenoxy) is 1. The molecule has 4 rings (SSSR count). The third kappa shape index (κ3) is 5.72. The maximum Gasteiger partial charge on any atom is 0.407 e. The summed E-state index contributed by atoms with van der Waals surface area (Å²) in [5.74, 6) is 0.926. The minimum atomic E-state index is -0.414. The molecule has 10 nitrogen and oxygen atoms in total. The molecule has 3 aromatic rings. The number of carbonyl (C=O) groups excluding carboxylic acids is 2. The zero-order valence-corrected chi connectivity index (χ0v) is 21.7. The van der Waals surface area contributed by atoms with Gasteiger partial charge in [-0.2, -0.15) is 5.10 Å². The van der Waals surface area contributed by atoms with E-state index in [9.17, 15) is 9.59 Å². The van der Waals surface area contributed by atoms with Crippen molar-refractivity contribution in [3.63, 3.8) is 0 Å². The van der Waals surface area contributed by atoms with Crippen molar-refractivity contribution in [2.45, 2.75) is 59.5 Å². The van der Waals surface area contributed by atoms with Crippen LogP contribution in [0.2, 0.25) is 0 Å². The molecule has 4 heterocycles. The quantitative estimate of drug-likeness (QED) is 0.526. The van der Waals surface area contributed by atoms with Crippen molar-refractivity contribution in [2.75, 3.05) is 25.0 Å². The van der Waals surface area contributed by atoms with Crippen molar-refractivity contribution in [3.8, 4) is 11.4 Å². The van der Waals surface area contributed by atoms with Gasteiger partial charge in [-0.25, -0.2) is 19.3 Å². The number of fused-ring (bicyclic) bond motifs is 1. The van der Waals surface area contributed by atoms with Crippen LogP contribution in [-0.2, 0) is 4.74 Å². The van der Waals surface area contributed by atoms with Crippen molar-refractivity contribution in [1.29, 1.82) is 0 Å². The second-order valence-electron chi connectivity index (χ2n) is 9.84. The number of piperidine rings is 1. The Labute approximate surface area is 209 Å². The predicted molar refractivity (Wildman–Crippen MR) is 136 cm³/mol. The number of likely N-dealkylation sites (tertiary alicyclic amines) is 1. The summed E-state index contributed by atoms with van der Waals surface area (Å²) in [7, 11) is 0. The Kier molecular flexibility index (Phi) is 7.25. The third-order valence-corrected chi connectivity index (χ3v) is 7.25. The molecular weight excluding hydrogens is 466 g/mol. The molecule has 1 atom stereocenters. The standard InChI is InChI=1S/C24H33N7O3S/c1-6-34-23(33)27-16-7-9-30(10-8-16)21(32)18-13-19(26-15(2)24(3,4)5)29-20(28-18)17-14-25-31-11-12-35-22(17)31/h11-16H,6-10H2,1-5H3,(H,27,33)(H,26,28,29)/t15-/m1/s1. The number of nitrogens with zero attached hydrogens (tertiary/aromatic N) is 5. The Morgan fingerprint density at radius 1 is 1.26 bits per heavy atom. The Morgan fingerprint density at radius 3 is 2.69 bits per heavy atom. The van der Waals surface area contributed by atoms with Crippen molar-refractivity contribution in [3.05, 3.63) is 29.5 Å². The lowest BCUT2D eigenvalue weighted by molar-refractivity contribution is 0.0696. The molecule has 0 unspecified atom stereocenters. The van der Waals surface area contributed by atoms with E-state index < -0.39 is 6.09 Å². The van der Waals surface area contributed by atoms with E-state index in [-0.39, 0.29) is 23.4 Å². The SMILES string of the molecule is CCOC(=O)NC1CCN(C(=O)c2cc(N[C@H](C)C(C)(C)C)nc(-c3cnn4ccsc34)n2)CC1. The highest BCUT2D eigenvalue weighted by atomic mass is 32.1. The zero-order valence-electron chi connectivity index (χ0n) is 20.9. The number of hydrogen-bond donors (Lipinski definition) is 2. The van der Waals surface area contributed by atoms with Gasteiger partial charge in [-0.05, 0) is 32.1 Å². The van der Waals surface area contributed by atoms with Gasteiger partial charge in [0, 0.05) is 42.8 Å². The third-order valence-electron chi connectivity index (χ3n) is 6.36. The summed E-state index contributed by atoms with van der Waals surface area (Å²) in [4.78, 5) is 37.3. The first-order valence-electron chi connectivity index (χ1n) is 11.9. The molecule has 11 heteroatoms. The first-order chi connectivity index (χ1) is 16.7. The molecule has 0 saturated carbocycles. The average Bonchev–Trinajstić information content (AvgIpc) is 3.42. The number of nitrogens with one attached hydrogen (secondary N) is 2. The Balaban J connectivity index is 1.58. The summed E-state index contributed by atoms with van der Waals surface area (Å²) in [6, 6.07) is 1.84. The van der Waals surface area contributed by atoms with Crippen LogP contribution in [0.5, 0.6) is 0 Å². The van der Waals surface area contributed by atoms with E-state index >= 15 is 0 Å². The topological polar surface area (TPSA) is 114 Å². The fourth-order valence-electron chi connectivity index (χ4n) is 3.80. The minimum Gasteiger partial charge on any atom is -0.450 e. The summed E-state index contributed by atoms with van der Waals surface area (Å²) >= 11 is 1.55. The fraction of sp³-hybridized carbons (Fsp3) is 0.542. The molecule has 0 radical (unpaired) electrons. The van der Waals surface area contributed by atoms with Crippen molar-refractivity contribution < 1.29 is 14.3 Å². The first kappa shape index (κ1) is 24.9. The van der Waals surface area contributed by atoms with Gasteiger partial charge in [0.1, 0.15) is 16.3 Å². The number of anilines is 1. The number of rotatable bonds is 6. The number of alkyl carbamates (subject to hydrolysis) is 1. The summed E-state index contributed by atoms with van der Waals surface area (Å²) < 4.78 is 6.75. The highest BCUT2D eigenvalue weighted by Crippen LogP contribution is 2.28. The number of amides is 2. The second kappa shape index (κ2) is 10.2. The van der Waals surface area contributed by atoms with Crippen LogP contribution < -0.4 is 10.6 Å². The lowest BCUT2D eigenvalue weighted by Crippen LogP contribution is -2.46. The van der Waals surface area contributed by atoms with Crippen LogP contribution in [0.1, 0.15) is 57.9 Å². The van der Waals surface area contributed by atoms with Crippen molar-refractivity contribution in [2.24, 2.45) is 5.41 Å². The molecule has 1 aliphatic rings. The van der Waals surface area contributed by atoms with Crippen LogP contribution in [0, 0.1) is 5.41 Å². The Bertz CT molecular complexity index is 1190. The number of aromatic nitrogens is 4. The van der Waals surface area contributed by atoms with E-state index in [0.29, 0.717) is 49.9 Å². The maximum absolute atomic E-state index is 13.5. The molecule has 1 aliphatic heterocycles. The van der Waals surface area contributed by atoms with Gasteiger partial charge in [-0.1, -0.05) is 20.8 Å². The maximum atomic E-state index is 13.5. The van der Waals surface area contributed by atoms with E-state index in [2.05, 4.69) is 48.4 Å². The molecule has 35 heavy (non-hydrogen) atoms. The summed E-state index contributed by atoms with van der Waals surface area (Å²) in [5, 5.41) is 12.7. The van der Waals surface area contributed by atoms with Gasteiger partial charge in [0.2, 0.25) is 0 Å². The smallest absolute Gasteiger partial charge is 0.407 e. The van der Waals surface area contributed by atoms with Crippen LogP contribution in [0.3, 0.4) is 0 Å². The average molecular weight is 500 g/mol. The molecule has 0 spiro atoms. The normalized spacial score (nSPS) is 15.7. The minimum absolute atomic E-state index is 0.00181. The van der Waals surface area contributed by atoms with Gasteiger partial charge in [0.15, 0.2) is 5.82 Å². The number of hydrogen-bond acceptors (Lipinski definition) is 8. The Morgan fingerprint density at radius 2 is 2.00 bits per heavy atom. The Hall–Kier alpha value is -3.21. The largest absolute Gasteiger partial charge is 0.450 e. The van der Waals surface area contributed by atoms with Crippen LogP contribution in [0.25, 0.3) is 16.2 Å². The number of thiazole rings is 1. The highest BCUT2D eigenvalue weighted by Gasteiger charge is 2.28. The van der Waals surface area contributed by atoms with Gasteiger partial charge in [-0.3, -0.25) is 4.79 Å². The van der Waals surface area contributed by atoms with Gasteiger partial charge < -0.3 is 20.3 Å². The molecule has 1 fully saturated rings. The van der Waals surface area contributed by atoms with E-state index in [1.165, 1.54) is 0 Å². The van der Waals surface area contributed by atoms with Gasteiger partial charge in [-0.15, -0.1) is 11.3 Å². The zero-order chi connectivity index (χ0) is 25.2. The van der Waals surface area contributed by atoms with E-state index in [1.54, 1.807) is 39.9 Å². The fourth-order valence-corrected chi connectivity index (χ4v) is 4.59. The van der Waals surface area contributed by atoms with E-state index in [1.807, 2.05) is 11.6 Å². The van der Waals surface area contributed by atoms with E-state index in [4.69, 9.17) is 9.72 Å². The van der Waals surface area contributed by atoms with Crippen LogP contribution in [-0.4, -0.2) is 68.3 Å². The van der Waals surface area contributed by atoms with Gasteiger partial charge in [0.05, 0.1) is 18.4 Å². The van der Waals surface area contributed by atoms with Crippen molar-refractivity contribution >= 4 is 34.0 Å². The molecule has 0 bridgehead atoms. The van der Waals surface area contributed by atoms with Crippen LogP contribution in [0.4, 0.5) is 10.6 Å². The lowest BCUT2D eigenvalue weighted by atomic mass is 9.88. The molecule has 188 valence electrons. The van der Waals surface area contributed by atoms with E-state index in [0.717, 1.165) is 10.4 Å². The lowest BCUT2D eigenvalue weighted by Gasteiger charge is -2.32. The molecule has 0 aromatic carbocycles.